The minimum Gasteiger partial charge on any atom is -0.469 e. The summed E-state index contributed by atoms with van der Waals surface area (Å²) in [5, 5.41) is 6.02. The molecule has 0 saturated heterocycles. The predicted molar refractivity (Wildman–Crippen MR) is 72.0 cm³/mol. The van der Waals surface area contributed by atoms with Crippen molar-refractivity contribution in [2.24, 2.45) is 0 Å². The number of thiazole rings is 1. The van der Waals surface area contributed by atoms with Crippen LogP contribution in [0.5, 0.6) is 0 Å². The third kappa shape index (κ3) is 5.01. The van der Waals surface area contributed by atoms with Gasteiger partial charge in [-0.3, -0.25) is 4.79 Å². The van der Waals surface area contributed by atoms with Crippen LogP contribution in [0.2, 0.25) is 0 Å². The van der Waals surface area contributed by atoms with Crippen LogP contribution in [0.1, 0.15) is 25.5 Å². The lowest BCUT2D eigenvalue weighted by Gasteiger charge is -2.15. The molecule has 6 heteroatoms. The maximum absolute atomic E-state index is 11.1. The number of anilines is 1. The normalized spacial score (nSPS) is 12.2. The van der Waals surface area contributed by atoms with Crippen molar-refractivity contribution >= 4 is 22.4 Å². The number of rotatable bonds is 8. The van der Waals surface area contributed by atoms with Gasteiger partial charge in [-0.25, -0.2) is 4.98 Å². The fraction of sp³-hybridized carbons (Fsp3) is 0.667. The van der Waals surface area contributed by atoms with Gasteiger partial charge in [-0.1, -0.05) is 13.3 Å². The first-order valence-corrected chi connectivity index (χ1v) is 6.84. The van der Waals surface area contributed by atoms with Crippen LogP contribution < -0.4 is 5.32 Å². The van der Waals surface area contributed by atoms with Crippen LogP contribution in [-0.2, 0) is 20.7 Å². The Morgan fingerprint density at radius 3 is 2.94 bits per heavy atom. The SMILES string of the molecule is CCCC(COC)Nc1nc(CC(=O)OC)cs1. The third-order valence-corrected chi connectivity index (χ3v) is 3.26. The Balaban J connectivity index is 2.53. The van der Waals surface area contributed by atoms with Crippen molar-refractivity contribution in [1.82, 2.24) is 4.98 Å². The highest BCUT2D eigenvalue weighted by Crippen LogP contribution is 2.18. The number of methoxy groups -OCH3 is 2. The maximum Gasteiger partial charge on any atom is 0.311 e. The molecule has 0 radical (unpaired) electrons. The number of nitrogens with one attached hydrogen (secondary N) is 1. The van der Waals surface area contributed by atoms with Gasteiger partial charge < -0.3 is 14.8 Å². The van der Waals surface area contributed by atoms with Crippen molar-refractivity contribution in [3.8, 4) is 0 Å². The number of hydrogen-bond acceptors (Lipinski definition) is 6. The van der Waals surface area contributed by atoms with Crippen LogP contribution in [0.4, 0.5) is 5.13 Å². The Bertz CT molecular complexity index is 362. The zero-order chi connectivity index (χ0) is 13.4. The van der Waals surface area contributed by atoms with Gasteiger partial charge in [0, 0.05) is 12.5 Å². The number of ether oxygens (including phenoxy) is 2. The lowest BCUT2D eigenvalue weighted by atomic mass is 10.2. The second-order valence-corrected chi connectivity index (χ2v) is 4.84. The number of nitrogens with zero attached hydrogens (tertiary/aromatic N) is 1. The minimum absolute atomic E-state index is 0.220. The Morgan fingerprint density at radius 2 is 2.33 bits per heavy atom. The first-order chi connectivity index (χ1) is 8.69. The van der Waals surface area contributed by atoms with Gasteiger partial charge in [0.1, 0.15) is 0 Å². The van der Waals surface area contributed by atoms with E-state index >= 15 is 0 Å². The first-order valence-electron chi connectivity index (χ1n) is 5.96. The van der Waals surface area contributed by atoms with E-state index in [-0.39, 0.29) is 18.4 Å². The second-order valence-electron chi connectivity index (χ2n) is 3.98. The molecule has 0 aliphatic heterocycles. The van der Waals surface area contributed by atoms with Gasteiger partial charge in [0.05, 0.1) is 31.9 Å². The van der Waals surface area contributed by atoms with Crippen molar-refractivity contribution in [2.45, 2.75) is 32.2 Å². The highest BCUT2D eigenvalue weighted by Gasteiger charge is 2.11. The highest BCUT2D eigenvalue weighted by molar-refractivity contribution is 7.13. The van der Waals surface area contributed by atoms with Gasteiger partial charge in [-0.2, -0.15) is 0 Å². The van der Waals surface area contributed by atoms with Crippen LogP contribution in [0.25, 0.3) is 0 Å². The van der Waals surface area contributed by atoms with E-state index in [2.05, 4.69) is 22.0 Å². The Morgan fingerprint density at radius 1 is 1.56 bits per heavy atom. The van der Waals surface area contributed by atoms with Crippen LogP contribution in [0.3, 0.4) is 0 Å². The largest absolute Gasteiger partial charge is 0.469 e. The molecule has 0 aliphatic rings. The van der Waals surface area contributed by atoms with E-state index in [4.69, 9.17) is 4.74 Å². The van der Waals surface area contributed by atoms with Crippen LogP contribution in [0.15, 0.2) is 5.38 Å². The summed E-state index contributed by atoms with van der Waals surface area (Å²) in [6.07, 6.45) is 2.33. The van der Waals surface area contributed by atoms with Crippen molar-refractivity contribution in [3.05, 3.63) is 11.1 Å². The van der Waals surface area contributed by atoms with Gasteiger partial charge in [-0.05, 0) is 6.42 Å². The molecule has 102 valence electrons. The fourth-order valence-electron chi connectivity index (χ4n) is 1.60. The molecular weight excluding hydrogens is 252 g/mol. The van der Waals surface area contributed by atoms with Crippen LogP contribution >= 0.6 is 11.3 Å². The lowest BCUT2D eigenvalue weighted by Crippen LogP contribution is -2.24. The van der Waals surface area contributed by atoms with E-state index in [9.17, 15) is 4.79 Å². The average Bonchev–Trinajstić information content (AvgIpc) is 2.77. The van der Waals surface area contributed by atoms with Crippen LogP contribution in [-0.4, -0.2) is 37.8 Å². The molecule has 0 spiro atoms. The smallest absolute Gasteiger partial charge is 0.311 e. The molecule has 18 heavy (non-hydrogen) atoms. The fourth-order valence-corrected chi connectivity index (χ4v) is 2.38. The maximum atomic E-state index is 11.1. The number of carbonyl (C=O) groups is 1. The molecule has 1 aromatic rings. The van der Waals surface area contributed by atoms with E-state index in [1.165, 1.54) is 18.4 Å². The highest BCUT2D eigenvalue weighted by atomic mass is 32.1. The summed E-state index contributed by atoms with van der Waals surface area (Å²) < 4.78 is 9.76. The number of carbonyl (C=O) groups excluding carboxylic acids is 1. The summed E-state index contributed by atoms with van der Waals surface area (Å²) in [5.74, 6) is -0.270. The third-order valence-electron chi connectivity index (χ3n) is 2.44. The van der Waals surface area contributed by atoms with Gasteiger partial charge in [0.25, 0.3) is 0 Å². The number of esters is 1. The predicted octanol–water partition coefficient (Wildman–Crippen LogP) is 2.09. The summed E-state index contributed by atoms with van der Waals surface area (Å²) in [5.41, 5.74) is 0.738. The summed E-state index contributed by atoms with van der Waals surface area (Å²) in [4.78, 5) is 15.5. The van der Waals surface area contributed by atoms with E-state index in [0.717, 1.165) is 23.7 Å². The summed E-state index contributed by atoms with van der Waals surface area (Å²) in [6.45, 7) is 2.79. The molecule has 0 amide bonds. The molecule has 1 aromatic heterocycles. The molecule has 0 bridgehead atoms. The molecule has 0 saturated carbocycles. The van der Waals surface area contributed by atoms with Crippen molar-refractivity contribution in [3.63, 3.8) is 0 Å². The molecule has 1 N–H and O–H groups in total. The Kier molecular flexibility index (Phi) is 6.67. The molecule has 0 aliphatic carbocycles. The van der Waals surface area contributed by atoms with Crippen molar-refractivity contribution in [1.29, 1.82) is 0 Å². The second kappa shape index (κ2) is 8.05. The van der Waals surface area contributed by atoms with Gasteiger partial charge in [0.15, 0.2) is 5.13 Å². The van der Waals surface area contributed by atoms with Gasteiger partial charge >= 0.3 is 5.97 Å². The standard InChI is InChI=1S/C12H20N2O3S/c1-4-5-9(7-16-2)13-12-14-10(8-18-12)6-11(15)17-3/h8-9H,4-7H2,1-3H3,(H,13,14). The molecule has 1 unspecified atom stereocenters. The molecular formula is C12H20N2O3S. The van der Waals surface area contributed by atoms with E-state index in [1.807, 2.05) is 5.38 Å². The first kappa shape index (κ1) is 14.9. The summed E-state index contributed by atoms with van der Waals surface area (Å²) in [6, 6.07) is 0.261. The Labute approximate surface area is 112 Å². The van der Waals surface area contributed by atoms with E-state index in [1.54, 1.807) is 7.11 Å². The topological polar surface area (TPSA) is 60.5 Å². The Hall–Kier alpha value is -1.14. The lowest BCUT2D eigenvalue weighted by molar-refractivity contribution is -0.139. The van der Waals surface area contributed by atoms with E-state index in [0.29, 0.717) is 6.61 Å². The van der Waals surface area contributed by atoms with Crippen LogP contribution in [0, 0.1) is 0 Å². The number of aromatic nitrogens is 1. The van der Waals surface area contributed by atoms with E-state index < -0.39 is 0 Å². The monoisotopic (exact) mass is 272 g/mol. The molecule has 1 rings (SSSR count). The number of hydrogen-bond donors (Lipinski definition) is 1. The molecule has 0 aromatic carbocycles. The summed E-state index contributed by atoms with van der Waals surface area (Å²) >= 11 is 1.50. The van der Waals surface area contributed by atoms with Crippen molar-refractivity contribution < 1.29 is 14.3 Å². The zero-order valence-electron chi connectivity index (χ0n) is 11.1. The van der Waals surface area contributed by atoms with Crippen molar-refractivity contribution in [2.75, 3.05) is 26.1 Å². The molecule has 1 heterocycles. The quantitative estimate of drug-likeness (QED) is 0.734. The average molecular weight is 272 g/mol. The minimum atomic E-state index is -0.270. The molecule has 1 atom stereocenters. The molecule has 0 fully saturated rings. The van der Waals surface area contributed by atoms with Gasteiger partial charge in [-0.15, -0.1) is 11.3 Å². The van der Waals surface area contributed by atoms with Gasteiger partial charge in [0.2, 0.25) is 0 Å². The summed E-state index contributed by atoms with van der Waals surface area (Å²) in [7, 11) is 3.07. The zero-order valence-corrected chi connectivity index (χ0v) is 11.9. The molecule has 5 nitrogen and oxygen atoms in total.